The molecule has 5 N–H and O–H groups in total. The van der Waals surface area contributed by atoms with Gasteiger partial charge in [0.2, 0.25) is 21.8 Å². The summed E-state index contributed by atoms with van der Waals surface area (Å²) in [5.41, 5.74) is 5.92. The molecule has 0 radical (unpaired) electrons. The molecule has 8 nitrogen and oxygen atoms in total. The van der Waals surface area contributed by atoms with Gasteiger partial charge >= 0.3 is 0 Å². The maximum Gasteiger partial charge on any atom is 0.238 e. The standard InChI is InChI=1S/C17H24N4O4S/c18-11-17(6-1-2-7-17)20-16(23)12-8-15(22)21(10-12)13-4-3-5-14(9-13)26(19,24)25/h3-5,9,12H,1-2,6-8,10-11,18H2,(H,20,23)(H2,19,24,25). The van der Waals surface area contributed by atoms with Gasteiger partial charge in [-0.1, -0.05) is 18.9 Å². The molecule has 1 aromatic carbocycles. The molecule has 2 amide bonds. The van der Waals surface area contributed by atoms with Gasteiger partial charge in [0.15, 0.2) is 0 Å². The number of carbonyl (C=O) groups is 2. The van der Waals surface area contributed by atoms with E-state index in [0.717, 1.165) is 25.7 Å². The van der Waals surface area contributed by atoms with Crippen molar-refractivity contribution in [2.75, 3.05) is 18.0 Å². The van der Waals surface area contributed by atoms with Gasteiger partial charge in [-0.25, -0.2) is 13.6 Å². The van der Waals surface area contributed by atoms with Crippen LogP contribution >= 0.6 is 0 Å². The highest BCUT2D eigenvalue weighted by atomic mass is 32.2. The fourth-order valence-electron chi connectivity index (χ4n) is 3.76. The molecule has 142 valence electrons. The Bertz CT molecular complexity index is 818. The fraction of sp³-hybridized carbons (Fsp3) is 0.529. The van der Waals surface area contributed by atoms with Crippen molar-refractivity contribution in [1.29, 1.82) is 0 Å². The van der Waals surface area contributed by atoms with Gasteiger partial charge in [0, 0.05) is 25.2 Å². The van der Waals surface area contributed by atoms with Gasteiger partial charge in [-0.3, -0.25) is 9.59 Å². The summed E-state index contributed by atoms with van der Waals surface area (Å²) < 4.78 is 23.0. The Hall–Kier alpha value is -1.97. The van der Waals surface area contributed by atoms with Crippen LogP contribution in [-0.4, -0.2) is 38.9 Å². The first-order chi connectivity index (χ1) is 12.2. The third-order valence-electron chi connectivity index (χ3n) is 5.29. The predicted octanol–water partition coefficient (Wildman–Crippen LogP) is 0.0746. The third-order valence-corrected chi connectivity index (χ3v) is 6.20. The highest BCUT2D eigenvalue weighted by Gasteiger charge is 2.40. The third kappa shape index (κ3) is 3.74. The number of amides is 2. The minimum Gasteiger partial charge on any atom is -0.349 e. The van der Waals surface area contributed by atoms with E-state index in [-0.39, 0.29) is 35.2 Å². The van der Waals surface area contributed by atoms with Gasteiger partial charge in [0.1, 0.15) is 0 Å². The monoisotopic (exact) mass is 380 g/mol. The van der Waals surface area contributed by atoms with Crippen LogP contribution in [0.2, 0.25) is 0 Å². The van der Waals surface area contributed by atoms with E-state index < -0.39 is 15.9 Å². The normalized spacial score (nSPS) is 22.6. The van der Waals surface area contributed by atoms with Crippen LogP contribution in [0.25, 0.3) is 0 Å². The summed E-state index contributed by atoms with van der Waals surface area (Å²) in [4.78, 5) is 26.4. The quantitative estimate of drug-likeness (QED) is 0.664. The second-order valence-electron chi connectivity index (χ2n) is 7.13. The van der Waals surface area contributed by atoms with Crippen LogP contribution in [0, 0.1) is 5.92 Å². The van der Waals surface area contributed by atoms with E-state index in [1.165, 1.54) is 23.1 Å². The molecule has 2 fully saturated rings. The highest BCUT2D eigenvalue weighted by molar-refractivity contribution is 7.89. The molecular formula is C17H24N4O4S. The van der Waals surface area contributed by atoms with Crippen LogP contribution in [0.15, 0.2) is 29.2 Å². The maximum atomic E-state index is 12.7. The smallest absolute Gasteiger partial charge is 0.238 e. The number of sulfonamides is 1. The molecule has 9 heteroatoms. The van der Waals surface area contributed by atoms with E-state index in [4.69, 9.17) is 10.9 Å². The first-order valence-electron chi connectivity index (χ1n) is 8.69. The molecule has 1 aromatic rings. The van der Waals surface area contributed by atoms with Gasteiger partial charge in [0.05, 0.1) is 16.4 Å². The van der Waals surface area contributed by atoms with Crippen LogP contribution in [0.3, 0.4) is 0 Å². The topological polar surface area (TPSA) is 136 Å². The van der Waals surface area contributed by atoms with Crippen molar-refractivity contribution < 1.29 is 18.0 Å². The number of nitrogens with zero attached hydrogens (tertiary/aromatic N) is 1. The Morgan fingerprint density at radius 3 is 2.62 bits per heavy atom. The number of nitrogens with one attached hydrogen (secondary N) is 1. The minimum atomic E-state index is -3.86. The van der Waals surface area contributed by atoms with E-state index in [9.17, 15) is 18.0 Å². The number of benzene rings is 1. The lowest BCUT2D eigenvalue weighted by Gasteiger charge is -2.30. The Kier molecular flexibility index (Phi) is 5.05. The Morgan fingerprint density at radius 1 is 1.31 bits per heavy atom. The highest BCUT2D eigenvalue weighted by Crippen LogP contribution is 2.31. The van der Waals surface area contributed by atoms with E-state index in [1.54, 1.807) is 6.07 Å². The summed E-state index contributed by atoms with van der Waals surface area (Å²) in [5.74, 6) is -0.870. The SMILES string of the molecule is NCC1(NC(=O)C2CC(=O)N(c3cccc(S(N)(=O)=O)c3)C2)CCCC1. The molecule has 1 saturated heterocycles. The molecule has 0 bridgehead atoms. The number of nitrogens with two attached hydrogens (primary N) is 2. The number of rotatable bonds is 5. The summed E-state index contributed by atoms with van der Waals surface area (Å²) in [6.07, 6.45) is 3.87. The van der Waals surface area contributed by atoms with Crippen LogP contribution in [0.1, 0.15) is 32.1 Å². The van der Waals surface area contributed by atoms with E-state index in [0.29, 0.717) is 12.2 Å². The number of carbonyl (C=O) groups excluding carboxylic acids is 2. The molecule has 0 spiro atoms. The summed E-state index contributed by atoms with van der Waals surface area (Å²) in [7, 11) is -3.86. The molecule has 1 aliphatic heterocycles. The molecule has 1 saturated carbocycles. The zero-order chi connectivity index (χ0) is 18.9. The van der Waals surface area contributed by atoms with Crippen LogP contribution in [0.4, 0.5) is 5.69 Å². The average molecular weight is 380 g/mol. The van der Waals surface area contributed by atoms with Gasteiger partial charge in [-0.15, -0.1) is 0 Å². The zero-order valence-corrected chi connectivity index (χ0v) is 15.3. The van der Waals surface area contributed by atoms with Crippen LogP contribution < -0.4 is 21.1 Å². The lowest BCUT2D eigenvalue weighted by atomic mass is 9.96. The zero-order valence-electron chi connectivity index (χ0n) is 14.5. The molecule has 1 aliphatic carbocycles. The summed E-state index contributed by atoms with van der Waals surface area (Å²) in [6.45, 7) is 0.596. The van der Waals surface area contributed by atoms with Gasteiger partial charge < -0.3 is 16.0 Å². The average Bonchev–Trinajstić information content (AvgIpc) is 3.21. The van der Waals surface area contributed by atoms with Crippen molar-refractivity contribution in [3.63, 3.8) is 0 Å². The van der Waals surface area contributed by atoms with Crippen molar-refractivity contribution in [2.24, 2.45) is 16.8 Å². The number of hydrogen-bond donors (Lipinski definition) is 3. The van der Waals surface area contributed by atoms with Crippen LogP contribution in [0.5, 0.6) is 0 Å². The Morgan fingerprint density at radius 2 is 2.00 bits per heavy atom. The molecule has 1 unspecified atom stereocenters. The van der Waals surface area contributed by atoms with E-state index in [2.05, 4.69) is 5.32 Å². The van der Waals surface area contributed by atoms with Crippen molar-refractivity contribution >= 4 is 27.5 Å². The van der Waals surface area contributed by atoms with Crippen LogP contribution in [-0.2, 0) is 19.6 Å². The first kappa shape index (κ1) is 18.8. The molecule has 26 heavy (non-hydrogen) atoms. The van der Waals surface area contributed by atoms with Gasteiger partial charge in [0.25, 0.3) is 0 Å². The van der Waals surface area contributed by atoms with Crippen molar-refractivity contribution in [2.45, 2.75) is 42.5 Å². The van der Waals surface area contributed by atoms with Gasteiger partial charge in [-0.2, -0.15) is 0 Å². The lowest BCUT2D eigenvalue weighted by molar-refractivity contribution is -0.127. The van der Waals surface area contributed by atoms with E-state index >= 15 is 0 Å². The lowest BCUT2D eigenvalue weighted by Crippen LogP contribution is -2.53. The second-order valence-corrected chi connectivity index (χ2v) is 8.69. The fourth-order valence-corrected chi connectivity index (χ4v) is 4.31. The molecular weight excluding hydrogens is 356 g/mol. The second kappa shape index (κ2) is 6.98. The largest absolute Gasteiger partial charge is 0.349 e. The van der Waals surface area contributed by atoms with Crippen molar-refractivity contribution in [1.82, 2.24) is 5.32 Å². The first-order valence-corrected chi connectivity index (χ1v) is 10.2. The molecule has 3 rings (SSSR count). The Labute approximate surface area is 153 Å². The summed E-state index contributed by atoms with van der Waals surface area (Å²) >= 11 is 0. The maximum absolute atomic E-state index is 12.7. The Balaban J connectivity index is 1.74. The van der Waals surface area contributed by atoms with Crippen molar-refractivity contribution in [3.05, 3.63) is 24.3 Å². The molecule has 1 heterocycles. The summed E-state index contributed by atoms with van der Waals surface area (Å²) in [5, 5.41) is 8.20. The van der Waals surface area contributed by atoms with Crippen molar-refractivity contribution in [3.8, 4) is 0 Å². The number of anilines is 1. The molecule has 0 aromatic heterocycles. The summed E-state index contributed by atoms with van der Waals surface area (Å²) in [6, 6.07) is 5.88. The van der Waals surface area contributed by atoms with E-state index in [1.807, 2.05) is 0 Å². The number of primary sulfonamides is 1. The minimum absolute atomic E-state index is 0.0660. The predicted molar refractivity (Wildman–Crippen MR) is 96.7 cm³/mol. The molecule has 2 aliphatic rings. The van der Waals surface area contributed by atoms with Gasteiger partial charge in [-0.05, 0) is 31.0 Å². The molecule has 1 atom stereocenters. The number of hydrogen-bond acceptors (Lipinski definition) is 5.